The van der Waals surface area contributed by atoms with Gasteiger partial charge in [0.05, 0.1) is 24.0 Å². The highest BCUT2D eigenvalue weighted by Crippen LogP contribution is 2.36. The molecule has 2 heterocycles. The van der Waals surface area contributed by atoms with Crippen LogP contribution in [0.5, 0.6) is 5.75 Å². The molecule has 1 aromatic carbocycles. The predicted molar refractivity (Wildman–Crippen MR) is 81.7 cm³/mol. The van der Waals surface area contributed by atoms with Crippen molar-refractivity contribution < 1.29 is 4.74 Å². The summed E-state index contributed by atoms with van der Waals surface area (Å²) in [4.78, 5) is 4.29. The molecular formula is C15H17N5O. The first-order chi connectivity index (χ1) is 10.2. The Bertz CT molecular complexity index is 759. The fourth-order valence-corrected chi connectivity index (χ4v) is 2.23. The van der Waals surface area contributed by atoms with Crippen LogP contribution in [0.25, 0.3) is 11.4 Å². The molecule has 0 unspecified atom stereocenters. The number of nitrogens with one attached hydrogen (secondary N) is 1. The first-order valence-electron chi connectivity index (χ1n) is 6.59. The zero-order valence-corrected chi connectivity index (χ0v) is 12.2. The van der Waals surface area contributed by atoms with E-state index in [4.69, 9.17) is 4.74 Å². The van der Waals surface area contributed by atoms with Gasteiger partial charge in [-0.25, -0.2) is 4.98 Å². The number of para-hydroxylation sites is 1. The average molecular weight is 283 g/mol. The highest BCUT2D eigenvalue weighted by Gasteiger charge is 2.14. The summed E-state index contributed by atoms with van der Waals surface area (Å²) in [5, 5.41) is 7.69. The van der Waals surface area contributed by atoms with Crippen LogP contribution in [0.3, 0.4) is 0 Å². The summed E-state index contributed by atoms with van der Waals surface area (Å²) in [5.74, 6) is 1.37. The summed E-state index contributed by atoms with van der Waals surface area (Å²) in [6, 6.07) is 7.88. The van der Waals surface area contributed by atoms with E-state index in [1.165, 1.54) is 0 Å². The summed E-state index contributed by atoms with van der Waals surface area (Å²) < 4.78 is 9.22. The van der Waals surface area contributed by atoms with E-state index in [2.05, 4.69) is 15.4 Å². The van der Waals surface area contributed by atoms with E-state index in [1.54, 1.807) is 18.1 Å². The summed E-state index contributed by atoms with van der Waals surface area (Å²) in [6.07, 6.45) is 5.66. The second-order valence-corrected chi connectivity index (χ2v) is 4.82. The van der Waals surface area contributed by atoms with E-state index in [9.17, 15) is 0 Å². The Morgan fingerprint density at radius 3 is 2.67 bits per heavy atom. The topological polar surface area (TPSA) is 56.9 Å². The number of hydrogen-bond donors (Lipinski definition) is 1. The van der Waals surface area contributed by atoms with Gasteiger partial charge in [-0.15, -0.1) is 0 Å². The fraction of sp³-hybridized carbons (Fsp3) is 0.200. The van der Waals surface area contributed by atoms with Crippen molar-refractivity contribution >= 4 is 11.4 Å². The van der Waals surface area contributed by atoms with E-state index in [0.29, 0.717) is 5.82 Å². The number of methoxy groups -OCH3 is 1. The number of benzene rings is 1. The van der Waals surface area contributed by atoms with E-state index >= 15 is 0 Å². The lowest BCUT2D eigenvalue weighted by Crippen LogP contribution is -1.97. The minimum atomic E-state index is 0.645. The molecule has 0 saturated carbocycles. The zero-order valence-electron chi connectivity index (χ0n) is 12.2. The Labute approximate surface area is 123 Å². The maximum absolute atomic E-state index is 5.56. The zero-order chi connectivity index (χ0) is 14.8. The van der Waals surface area contributed by atoms with E-state index in [-0.39, 0.29) is 0 Å². The first-order valence-corrected chi connectivity index (χ1v) is 6.59. The monoisotopic (exact) mass is 283 g/mol. The molecule has 0 atom stereocenters. The molecule has 21 heavy (non-hydrogen) atoms. The molecule has 108 valence electrons. The molecule has 0 spiro atoms. The number of rotatable bonds is 4. The molecule has 0 amide bonds. The lowest BCUT2D eigenvalue weighted by atomic mass is 10.1. The maximum atomic E-state index is 5.56. The van der Waals surface area contributed by atoms with Crippen LogP contribution in [0.1, 0.15) is 0 Å². The Morgan fingerprint density at radius 1 is 1.19 bits per heavy atom. The lowest BCUT2D eigenvalue weighted by Gasteiger charge is -2.12. The molecule has 6 heteroatoms. The smallest absolute Gasteiger partial charge is 0.184 e. The van der Waals surface area contributed by atoms with Gasteiger partial charge in [-0.1, -0.05) is 6.07 Å². The van der Waals surface area contributed by atoms with Crippen LogP contribution in [-0.4, -0.2) is 26.4 Å². The van der Waals surface area contributed by atoms with Crippen molar-refractivity contribution in [3.05, 3.63) is 43.0 Å². The largest absolute Gasteiger partial charge is 0.494 e. The standard InChI is InChI=1S/C15H17N5O/c1-19-8-7-11(9-19)17-13-6-4-5-12(14(13)21-3)15-16-10-20(2)18-15/h4-10,17H,1-3H3. The first kappa shape index (κ1) is 13.2. The second-order valence-electron chi connectivity index (χ2n) is 4.82. The van der Waals surface area contributed by atoms with Crippen molar-refractivity contribution in [3.63, 3.8) is 0 Å². The summed E-state index contributed by atoms with van der Waals surface area (Å²) in [7, 11) is 5.48. The van der Waals surface area contributed by atoms with Crippen molar-refractivity contribution in [2.24, 2.45) is 14.1 Å². The van der Waals surface area contributed by atoms with Crippen LogP contribution in [0.2, 0.25) is 0 Å². The molecule has 0 bridgehead atoms. The van der Waals surface area contributed by atoms with Crippen LogP contribution in [0.4, 0.5) is 11.4 Å². The molecule has 1 N–H and O–H groups in total. The van der Waals surface area contributed by atoms with Crippen molar-refractivity contribution in [2.45, 2.75) is 0 Å². The quantitative estimate of drug-likeness (QED) is 0.799. The van der Waals surface area contributed by atoms with Crippen LogP contribution >= 0.6 is 0 Å². The van der Waals surface area contributed by atoms with Gasteiger partial charge in [-0.3, -0.25) is 4.68 Å². The second kappa shape index (κ2) is 5.32. The normalized spacial score (nSPS) is 10.6. The highest BCUT2D eigenvalue weighted by molar-refractivity contribution is 5.77. The summed E-state index contributed by atoms with van der Waals surface area (Å²) in [5.41, 5.74) is 2.75. The SMILES string of the molecule is COc1c(Nc2ccn(C)c2)cccc1-c1ncn(C)n1. The third-order valence-corrected chi connectivity index (χ3v) is 3.17. The van der Waals surface area contributed by atoms with Gasteiger partial charge in [0.2, 0.25) is 0 Å². The van der Waals surface area contributed by atoms with Gasteiger partial charge in [-0.05, 0) is 18.2 Å². The molecule has 0 fully saturated rings. The number of aromatic nitrogens is 4. The van der Waals surface area contributed by atoms with Crippen LogP contribution in [0, 0.1) is 0 Å². The Morgan fingerprint density at radius 2 is 2.05 bits per heavy atom. The van der Waals surface area contributed by atoms with Gasteiger partial charge < -0.3 is 14.6 Å². The van der Waals surface area contributed by atoms with Gasteiger partial charge in [0.25, 0.3) is 0 Å². The molecule has 3 aromatic rings. The highest BCUT2D eigenvalue weighted by atomic mass is 16.5. The Kier molecular flexibility index (Phi) is 3.35. The number of ether oxygens (including phenoxy) is 1. The molecule has 0 radical (unpaired) electrons. The molecule has 2 aromatic heterocycles. The van der Waals surface area contributed by atoms with Crippen molar-refractivity contribution in [1.29, 1.82) is 0 Å². The van der Waals surface area contributed by atoms with Gasteiger partial charge in [0, 0.05) is 26.5 Å². The van der Waals surface area contributed by atoms with Gasteiger partial charge in [0.15, 0.2) is 11.6 Å². The third kappa shape index (κ3) is 2.60. The fourth-order valence-electron chi connectivity index (χ4n) is 2.23. The lowest BCUT2D eigenvalue weighted by molar-refractivity contribution is 0.418. The minimum absolute atomic E-state index is 0.645. The van der Waals surface area contributed by atoms with E-state index in [1.807, 2.05) is 55.3 Å². The van der Waals surface area contributed by atoms with Crippen molar-refractivity contribution in [2.75, 3.05) is 12.4 Å². The molecule has 0 saturated heterocycles. The molecular weight excluding hydrogens is 266 g/mol. The van der Waals surface area contributed by atoms with E-state index in [0.717, 1.165) is 22.7 Å². The summed E-state index contributed by atoms with van der Waals surface area (Å²) >= 11 is 0. The van der Waals surface area contributed by atoms with E-state index < -0.39 is 0 Å². The van der Waals surface area contributed by atoms with Gasteiger partial charge in [0.1, 0.15) is 6.33 Å². The maximum Gasteiger partial charge on any atom is 0.184 e. The molecule has 6 nitrogen and oxygen atoms in total. The summed E-state index contributed by atoms with van der Waals surface area (Å²) in [6.45, 7) is 0. The van der Waals surface area contributed by atoms with Crippen molar-refractivity contribution in [3.8, 4) is 17.1 Å². The number of nitrogens with zero attached hydrogens (tertiary/aromatic N) is 4. The van der Waals surface area contributed by atoms with Crippen LogP contribution in [-0.2, 0) is 14.1 Å². The number of aryl methyl sites for hydroxylation is 2. The Hall–Kier alpha value is -2.76. The average Bonchev–Trinajstić information content (AvgIpc) is 3.07. The molecule has 0 aliphatic carbocycles. The minimum Gasteiger partial charge on any atom is -0.494 e. The number of hydrogen-bond acceptors (Lipinski definition) is 4. The van der Waals surface area contributed by atoms with Gasteiger partial charge in [-0.2, -0.15) is 5.10 Å². The molecule has 0 aliphatic rings. The molecule has 3 rings (SSSR count). The van der Waals surface area contributed by atoms with Crippen LogP contribution < -0.4 is 10.1 Å². The molecule has 0 aliphatic heterocycles. The third-order valence-electron chi connectivity index (χ3n) is 3.17. The predicted octanol–water partition coefficient (Wildman–Crippen LogP) is 2.57. The number of anilines is 2. The Balaban J connectivity index is 2.01. The van der Waals surface area contributed by atoms with Crippen LogP contribution in [0.15, 0.2) is 43.0 Å². The van der Waals surface area contributed by atoms with Gasteiger partial charge >= 0.3 is 0 Å². The van der Waals surface area contributed by atoms with Crippen molar-refractivity contribution in [1.82, 2.24) is 19.3 Å².